The second-order valence-corrected chi connectivity index (χ2v) is 2.57. The maximum atomic E-state index is 8.56. The average Bonchev–Trinajstić information content (AvgIpc) is 2.16. The third-order valence-electron chi connectivity index (χ3n) is 1.03. The monoisotopic (exact) mass is 210 g/mol. The largest absolute Gasteiger partial charge is 0.394 e. The number of hydrogen-bond donors (Lipinski definition) is 3. The Morgan fingerprint density at radius 3 is 1.79 bits per heavy atom. The van der Waals surface area contributed by atoms with Crippen molar-refractivity contribution in [2.45, 2.75) is 20.0 Å². The van der Waals surface area contributed by atoms with E-state index in [1.54, 1.807) is 6.92 Å². The molecule has 0 aliphatic heterocycles. The number of rotatable bonds is 7. The lowest BCUT2D eigenvalue weighted by Gasteiger charge is -2.00. The summed E-state index contributed by atoms with van der Waals surface area (Å²) in [4.78, 5) is 0. The fraction of sp³-hybridized carbons (Fsp3) is 1.00. The summed E-state index contributed by atoms with van der Waals surface area (Å²) in [5.41, 5.74) is 0. The lowest BCUT2D eigenvalue weighted by atomic mass is 10.4. The van der Waals surface area contributed by atoms with E-state index in [-0.39, 0.29) is 19.3 Å². The van der Waals surface area contributed by atoms with Crippen LogP contribution in [0.5, 0.6) is 0 Å². The minimum absolute atomic E-state index is 0.0278. The third-order valence-corrected chi connectivity index (χ3v) is 1.03. The number of aliphatic hydroxyl groups is 3. The molecule has 0 heterocycles. The first-order chi connectivity index (χ1) is 6.68. The second-order valence-electron chi connectivity index (χ2n) is 2.57. The molecular formula is C9H22O5. The van der Waals surface area contributed by atoms with E-state index in [1.165, 1.54) is 0 Å². The lowest BCUT2D eigenvalue weighted by Crippen LogP contribution is -2.09. The molecule has 0 aliphatic carbocycles. The van der Waals surface area contributed by atoms with Crippen LogP contribution in [0.1, 0.15) is 13.8 Å². The predicted molar refractivity (Wildman–Crippen MR) is 53.2 cm³/mol. The molecule has 0 bridgehead atoms. The fourth-order valence-corrected chi connectivity index (χ4v) is 0.520. The van der Waals surface area contributed by atoms with Crippen LogP contribution in [0.3, 0.4) is 0 Å². The predicted octanol–water partition coefficient (Wildman–Crippen LogP) is -0.609. The Labute approximate surface area is 85.3 Å². The van der Waals surface area contributed by atoms with Gasteiger partial charge in [-0.15, -0.1) is 0 Å². The van der Waals surface area contributed by atoms with Crippen LogP contribution in [0.15, 0.2) is 0 Å². The van der Waals surface area contributed by atoms with Gasteiger partial charge in [-0.1, -0.05) is 0 Å². The van der Waals surface area contributed by atoms with E-state index in [9.17, 15) is 0 Å². The highest BCUT2D eigenvalue weighted by molar-refractivity contribution is 4.38. The highest BCUT2D eigenvalue weighted by Gasteiger charge is 1.90. The van der Waals surface area contributed by atoms with Crippen molar-refractivity contribution in [1.29, 1.82) is 0 Å². The van der Waals surface area contributed by atoms with Gasteiger partial charge in [0.25, 0.3) is 0 Å². The molecule has 0 rings (SSSR count). The van der Waals surface area contributed by atoms with Gasteiger partial charge in [0.15, 0.2) is 0 Å². The molecule has 0 radical (unpaired) electrons. The Balaban J connectivity index is 0. The molecule has 1 unspecified atom stereocenters. The van der Waals surface area contributed by atoms with Crippen LogP contribution >= 0.6 is 0 Å². The molecule has 0 aliphatic rings. The summed E-state index contributed by atoms with van der Waals surface area (Å²) >= 11 is 0. The van der Waals surface area contributed by atoms with E-state index in [0.29, 0.717) is 26.4 Å². The summed E-state index contributed by atoms with van der Waals surface area (Å²) in [6, 6.07) is 0. The Morgan fingerprint density at radius 2 is 1.57 bits per heavy atom. The van der Waals surface area contributed by atoms with Gasteiger partial charge >= 0.3 is 0 Å². The van der Waals surface area contributed by atoms with Gasteiger partial charge in [-0.05, 0) is 13.8 Å². The minimum atomic E-state index is -0.319. The molecule has 0 aromatic heterocycles. The Morgan fingerprint density at radius 1 is 1.07 bits per heavy atom. The van der Waals surface area contributed by atoms with Crippen molar-refractivity contribution in [2.75, 3.05) is 39.6 Å². The molecule has 0 saturated carbocycles. The molecule has 0 aromatic rings. The normalized spacial score (nSPS) is 11.8. The number of hydrogen-bond acceptors (Lipinski definition) is 5. The summed E-state index contributed by atoms with van der Waals surface area (Å²) in [6.07, 6.45) is -0.319. The molecule has 1 atom stereocenters. The van der Waals surface area contributed by atoms with Crippen LogP contribution in [0.4, 0.5) is 0 Å². The summed E-state index contributed by atoms with van der Waals surface area (Å²) in [7, 11) is 0. The number of aliphatic hydroxyl groups excluding tert-OH is 3. The van der Waals surface area contributed by atoms with E-state index in [1.807, 2.05) is 6.92 Å². The SMILES string of the molecule is CCOCC(C)O.OCCOCCO. The number of ether oxygens (including phenoxy) is 2. The smallest absolute Gasteiger partial charge is 0.0745 e. The molecular weight excluding hydrogens is 188 g/mol. The molecule has 88 valence electrons. The van der Waals surface area contributed by atoms with E-state index in [2.05, 4.69) is 4.74 Å². The van der Waals surface area contributed by atoms with Gasteiger partial charge in [-0.3, -0.25) is 0 Å². The minimum Gasteiger partial charge on any atom is -0.394 e. The Bertz CT molecular complexity index is 83.3. The molecule has 0 spiro atoms. The van der Waals surface area contributed by atoms with Crippen molar-refractivity contribution in [1.82, 2.24) is 0 Å². The summed E-state index contributed by atoms with van der Waals surface area (Å²) in [5.74, 6) is 0. The zero-order chi connectivity index (χ0) is 11.2. The van der Waals surface area contributed by atoms with Gasteiger partial charge in [0, 0.05) is 6.61 Å². The topological polar surface area (TPSA) is 79.2 Å². The third kappa shape index (κ3) is 22.6. The highest BCUT2D eigenvalue weighted by atomic mass is 16.5. The average molecular weight is 210 g/mol. The maximum absolute atomic E-state index is 8.56. The van der Waals surface area contributed by atoms with Gasteiger partial charge in [0.05, 0.1) is 39.1 Å². The van der Waals surface area contributed by atoms with E-state index >= 15 is 0 Å². The highest BCUT2D eigenvalue weighted by Crippen LogP contribution is 1.79. The summed E-state index contributed by atoms with van der Waals surface area (Å²) < 4.78 is 9.48. The van der Waals surface area contributed by atoms with Gasteiger partial charge in [0.1, 0.15) is 0 Å². The van der Waals surface area contributed by atoms with Gasteiger partial charge in [-0.25, -0.2) is 0 Å². The van der Waals surface area contributed by atoms with Crippen LogP contribution in [0.2, 0.25) is 0 Å². The van der Waals surface area contributed by atoms with Crippen molar-refractivity contribution >= 4 is 0 Å². The van der Waals surface area contributed by atoms with Gasteiger partial charge < -0.3 is 24.8 Å². The van der Waals surface area contributed by atoms with E-state index in [4.69, 9.17) is 20.1 Å². The molecule has 3 N–H and O–H groups in total. The zero-order valence-electron chi connectivity index (χ0n) is 8.98. The molecule has 5 heteroatoms. The van der Waals surface area contributed by atoms with Crippen molar-refractivity contribution in [3.63, 3.8) is 0 Å². The van der Waals surface area contributed by atoms with Crippen LogP contribution in [0.25, 0.3) is 0 Å². The lowest BCUT2D eigenvalue weighted by molar-refractivity contribution is 0.0527. The Hall–Kier alpha value is -0.200. The molecule has 0 saturated heterocycles. The van der Waals surface area contributed by atoms with Crippen LogP contribution in [-0.2, 0) is 9.47 Å². The standard InChI is InChI=1S/C5H12O2.C4H10O3/c1-3-7-4-5(2)6;5-1-3-7-4-2-6/h5-6H,3-4H2,1-2H3;5-6H,1-4H2. The van der Waals surface area contributed by atoms with Crippen molar-refractivity contribution < 1.29 is 24.8 Å². The molecule has 0 amide bonds. The van der Waals surface area contributed by atoms with E-state index in [0.717, 1.165) is 0 Å². The van der Waals surface area contributed by atoms with Gasteiger partial charge in [-0.2, -0.15) is 0 Å². The van der Waals surface area contributed by atoms with Crippen LogP contribution < -0.4 is 0 Å². The summed E-state index contributed by atoms with van der Waals surface area (Å²) in [6.45, 7) is 5.44. The van der Waals surface area contributed by atoms with Crippen molar-refractivity contribution in [3.05, 3.63) is 0 Å². The maximum Gasteiger partial charge on any atom is 0.0745 e. The molecule has 5 nitrogen and oxygen atoms in total. The van der Waals surface area contributed by atoms with Crippen LogP contribution in [0, 0.1) is 0 Å². The van der Waals surface area contributed by atoms with Crippen molar-refractivity contribution in [2.24, 2.45) is 0 Å². The molecule has 0 aromatic carbocycles. The second kappa shape index (κ2) is 15.3. The first kappa shape index (κ1) is 16.2. The molecule has 0 fully saturated rings. The fourth-order valence-electron chi connectivity index (χ4n) is 0.520. The first-order valence-corrected chi connectivity index (χ1v) is 4.74. The Kier molecular flexibility index (Phi) is 17.7. The summed E-state index contributed by atoms with van der Waals surface area (Å²) in [5, 5.41) is 24.7. The first-order valence-electron chi connectivity index (χ1n) is 4.74. The van der Waals surface area contributed by atoms with Gasteiger partial charge in [0.2, 0.25) is 0 Å². The van der Waals surface area contributed by atoms with E-state index < -0.39 is 0 Å². The quantitative estimate of drug-likeness (QED) is 0.489. The molecule has 14 heavy (non-hydrogen) atoms. The van der Waals surface area contributed by atoms with Crippen molar-refractivity contribution in [3.8, 4) is 0 Å². The zero-order valence-corrected chi connectivity index (χ0v) is 8.98. The van der Waals surface area contributed by atoms with Crippen LogP contribution in [-0.4, -0.2) is 61.1 Å².